The zero-order valence-electron chi connectivity index (χ0n) is 11.0. The number of benzene rings is 1. The van der Waals surface area contributed by atoms with Crippen molar-refractivity contribution in [2.24, 2.45) is 0 Å². The Labute approximate surface area is 125 Å². The summed E-state index contributed by atoms with van der Waals surface area (Å²) >= 11 is 3.41. The lowest BCUT2D eigenvalue weighted by molar-refractivity contribution is -0.385. The van der Waals surface area contributed by atoms with Gasteiger partial charge in [0.05, 0.1) is 12.0 Å². The highest BCUT2D eigenvalue weighted by atomic mass is 79.9. The molecule has 1 fully saturated rings. The van der Waals surface area contributed by atoms with Gasteiger partial charge < -0.3 is 9.64 Å². The van der Waals surface area contributed by atoms with E-state index in [4.69, 9.17) is 4.74 Å². The number of rotatable bonds is 4. The van der Waals surface area contributed by atoms with Crippen LogP contribution in [0.1, 0.15) is 23.2 Å². The number of methoxy groups -OCH3 is 1. The van der Waals surface area contributed by atoms with Crippen LogP contribution in [0, 0.1) is 10.1 Å². The number of hydrogen-bond donors (Lipinski definition) is 0. The van der Waals surface area contributed by atoms with Crippen LogP contribution in [0.25, 0.3) is 0 Å². The number of amides is 1. The maximum Gasteiger partial charge on any atom is 0.310 e. The SMILES string of the molecule is COc1cc(C(=O)N2CCCC2CBr)ccc1[N+](=O)[O-]. The predicted octanol–water partition coefficient (Wildman–Crippen LogP) is 2.60. The zero-order valence-corrected chi connectivity index (χ0v) is 12.6. The smallest absolute Gasteiger partial charge is 0.310 e. The molecule has 108 valence electrons. The van der Waals surface area contributed by atoms with E-state index in [1.807, 2.05) is 0 Å². The topological polar surface area (TPSA) is 72.7 Å². The molecule has 0 aromatic heterocycles. The van der Waals surface area contributed by atoms with Crippen molar-refractivity contribution in [3.63, 3.8) is 0 Å². The zero-order chi connectivity index (χ0) is 14.7. The summed E-state index contributed by atoms with van der Waals surface area (Å²) in [6.45, 7) is 0.717. The van der Waals surface area contributed by atoms with E-state index in [-0.39, 0.29) is 23.4 Å². The van der Waals surface area contributed by atoms with Gasteiger partial charge in [0.1, 0.15) is 0 Å². The van der Waals surface area contributed by atoms with Crippen LogP contribution in [0.2, 0.25) is 0 Å². The van der Waals surface area contributed by atoms with E-state index in [9.17, 15) is 14.9 Å². The molecule has 1 aromatic carbocycles. The van der Waals surface area contributed by atoms with E-state index in [0.717, 1.165) is 18.2 Å². The molecular weight excluding hydrogens is 328 g/mol. The van der Waals surface area contributed by atoms with Crippen LogP contribution in [-0.4, -0.2) is 40.8 Å². The third-order valence-corrected chi connectivity index (χ3v) is 4.19. The van der Waals surface area contributed by atoms with Gasteiger partial charge in [-0.25, -0.2) is 0 Å². The third-order valence-electron chi connectivity index (χ3n) is 3.44. The second-order valence-corrected chi connectivity index (χ2v) is 5.24. The second-order valence-electron chi connectivity index (χ2n) is 4.59. The van der Waals surface area contributed by atoms with Crippen LogP contribution in [0.3, 0.4) is 0 Å². The van der Waals surface area contributed by atoms with Crippen LogP contribution in [-0.2, 0) is 0 Å². The number of likely N-dealkylation sites (tertiary alicyclic amines) is 1. The number of nitrogens with zero attached hydrogens (tertiary/aromatic N) is 2. The van der Waals surface area contributed by atoms with E-state index in [0.29, 0.717) is 12.1 Å². The molecule has 7 heteroatoms. The average molecular weight is 343 g/mol. The summed E-state index contributed by atoms with van der Waals surface area (Å²) in [6.07, 6.45) is 1.95. The van der Waals surface area contributed by atoms with Crippen LogP contribution < -0.4 is 4.74 Å². The Balaban J connectivity index is 2.29. The molecule has 1 aliphatic heterocycles. The van der Waals surface area contributed by atoms with Crippen molar-refractivity contribution < 1.29 is 14.5 Å². The first-order valence-electron chi connectivity index (χ1n) is 6.28. The highest BCUT2D eigenvalue weighted by Gasteiger charge is 2.29. The summed E-state index contributed by atoms with van der Waals surface area (Å²) in [5, 5.41) is 11.6. The number of ether oxygens (including phenoxy) is 1. The molecule has 0 spiro atoms. The summed E-state index contributed by atoms with van der Waals surface area (Å²) in [4.78, 5) is 24.6. The Kier molecular flexibility index (Phi) is 4.59. The first kappa shape index (κ1) is 14.8. The van der Waals surface area contributed by atoms with Gasteiger partial charge in [0.15, 0.2) is 5.75 Å². The summed E-state index contributed by atoms with van der Waals surface area (Å²) in [5.41, 5.74) is 0.280. The Morgan fingerprint density at radius 2 is 2.35 bits per heavy atom. The van der Waals surface area contributed by atoms with Gasteiger partial charge in [0, 0.05) is 35.6 Å². The number of halogens is 1. The Morgan fingerprint density at radius 3 is 2.95 bits per heavy atom. The van der Waals surface area contributed by atoms with Crippen LogP contribution in [0.15, 0.2) is 18.2 Å². The molecule has 2 rings (SSSR count). The van der Waals surface area contributed by atoms with Gasteiger partial charge in [0.25, 0.3) is 5.91 Å². The summed E-state index contributed by atoms with van der Waals surface area (Å²) in [5.74, 6) is -0.00409. The molecule has 0 saturated carbocycles. The Bertz CT molecular complexity index is 535. The van der Waals surface area contributed by atoms with Gasteiger partial charge in [-0.3, -0.25) is 14.9 Å². The van der Waals surface area contributed by atoms with E-state index in [1.165, 1.54) is 25.3 Å². The van der Waals surface area contributed by atoms with Gasteiger partial charge in [0.2, 0.25) is 0 Å². The lowest BCUT2D eigenvalue weighted by Gasteiger charge is -2.23. The minimum absolute atomic E-state index is 0.107. The van der Waals surface area contributed by atoms with E-state index in [2.05, 4.69) is 15.9 Å². The first-order chi connectivity index (χ1) is 9.58. The van der Waals surface area contributed by atoms with Gasteiger partial charge >= 0.3 is 5.69 Å². The van der Waals surface area contributed by atoms with Gasteiger partial charge in [-0.15, -0.1) is 0 Å². The predicted molar refractivity (Wildman–Crippen MR) is 77.5 cm³/mol. The van der Waals surface area contributed by atoms with E-state index >= 15 is 0 Å². The largest absolute Gasteiger partial charge is 0.490 e. The fraction of sp³-hybridized carbons (Fsp3) is 0.462. The van der Waals surface area contributed by atoms with Crippen LogP contribution in [0.5, 0.6) is 5.75 Å². The number of carbonyl (C=O) groups excluding carboxylic acids is 1. The van der Waals surface area contributed by atoms with Crippen molar-refractivity contribution in [2.75, 3.05) is 19.0 Å². The van der Waals surface area contributed by atoms with E-state index < -0.39 is 4.92 Å². The minimum Gasteiger partial charge on any atom is -0.490 e. The van der Waals surface area contributed by atoms with Crippen molar-refractivity contribution >= 4 is 27.5 Å². The molecule has 1 amide bonds. The number of hydrogen-bond acceptors (Lipinski definition) is 4. The number of alkyl halides is 1. The second kappa shape index (κ2) is 6.21. The highest BCUT2D eigenvalue weighted by molar-refractivity contribution is 9.09. The monoisotopic (exact) mass is 342 g/mol. The molecular formula is C13H15BrN2O4. The molecule has 0 radical (unpaired) electrons. The normalized spacial score (nSPS) is 18.1. The van der Waals surface area contributed by atoms with Gasteiger partial charge in [-0.1, -0.05) is 15.9 Å². The molecule has 6 nitrogen and oxygen atoms in total. The summed E-state index contributed by atoms with van der Waals surface area (Å²) < 4.78 is 4.99. The molecule has 0 aliphatic carbocycles. The van der Waals surface area contributed by atoms with Crippen molar-refractivity contribution in [2.45, 2.75) is 18.9 Å². The maximum absolute atomic E-state index is 12.4. The molecule has 20 heavy (non-hydrogen) atoms. The number of carbonyl (C=O) groups is 1. The van der Waals surface area contributed by atoms with Crippen molar-refractivity contribution in [3.8, 4) is 5.75 Å². The molecule has 1 unspecified atom stereocenters. The first-order valence-corrected chi connectivity index (χ1v) is 7.40. The lowest BCUT2D eigenvalue weighted by Crippen LogP contribution is -2.36. The van der Waals surface area contributed by atoms with Crippen molar-refractivity contribution in [1.29, 1.82) is 0 Å². The minimum atomic E-state index is -0.524. The van der Waals surface area contributed by atoms with Gasteiger partial charge in [-0.05, 0) is 18.9 Å². The molecule has 0 N–H and O–H groups in total. The Hall–Kier alpha value is -1.63. The standard InChI is InChI=1S/C13H15BrN2O4/c1-20-12-7-9(4-5-11(12)16(18)19)13(17)15-6-2-3-10(15)8-14/h4-5,7,10H,2-3,6,8H2,1H3. The molecule has 1 heterocycles. The fourth-order valence-electron chi connectivity index (χ4n) is 2.39. The fourth-order valence-corrected chi connectivity index (χ4v) is 3.06. The van der Waals surface area contributed by atoms with Gasteiger partial charge in [-0.2, -0.15) is 0 Å². The highest BCUT2D eigenvalue weighted by Crippen LogP contribution is 2.29. The van der Waals surface area contributed by atoms with Crippen molar-refractivity contribution in [1.82, 2.24) is 4.90 Å². The van der Waals surface area contributed by atoms with Crippen LogP contribution >= 0.6 is 15.9 Å². The molecule has 1 aromatic rings. The molecule has 1 aliphatic rings. The summed E-state index contributed by atoms with van der Waals surface area (Å²) in [7, 11) is 1.35. The molecule has 0 bridgehead atoms. The maximum atomic E-state index is 12.4. The number of nitro benzene ring substituents is 1. The Morgan fingerprint density at radius 1 is 1.60 bits per heavy atom. The van der Waals surface area contributed by atoms with Crippen LogP contribution in [0.4, 0.5) is 5.69 Å². The quantitative estimate of drug-likeness (QED) is 0.479. The third kappa shape index (κ3) is 2.77. The summed E-state index contributed by atoms with van der Waals surface area (Å²) in [6, 6.07) is 4.41. The average Bonchev–Trinajstić information content (AvgIpc) is 2.93. The number of nitro groups is 1. The lowest BCUT2D eigenvalue weighted by atomic mass is 10.1. The molecule has 1 saturated heterocycles. The van der Waals surface area contributed by atoms with Crippen molar-refractivity contribution in [3.05, 3.63) is 33.9 Å². The molecule has 1 atom stereocenters. The van der Waals surface area contributed by atoms with E-state index in [1.54, 1.807) is 4.90 Å².